The Hall–Kier alpha value is 0.843. The van der Waals surface area contributed by atoms with Crippen molar-refractivity contribution >= 4 is 0 Å². The van der Waals surface area contributed by atoms with E-state index in [4.69, 9.17) is 0 Å². The van der Waals surface area contributed by atoms with E-state index >= 15 is 0 Å². The van der Waals surface area contributed by atoms with Gasteiger partial charge in [0, 0.05) is 0 Å². The summed E-state index contributed by atoms with van der Waals surface area (Å²) in [6, 6.07) is 0. The summed E-state index contributed by atoms with van der Waals surface area (Å²) in [6.45, 7) is 2.27. The Labute approximate surface area is 86.1 Å². The van der Waals surface area contributed by atoms with Gasteiger partial charge < -0.3 is 5.48 Å². The van der Waals surface area contributed by atoms with Gasteiger partial charge in [0.25, 0.3) is 0 Å². The van der Waals surface area contributed by atoms with Crippen LogP contribution < -0.4 is 0 Å². The molecule has 1 nitrogen and oxygen atoms in total. The molecule has 0 saturated heterocycles. The van der Waals surface area contributed by atoms with Crippen LogP contribution in [0.2, 0.25) is 4.13 Å². The van der Waals surface area contributed by atoms with Crippen LogP contribution in [0.3, 0.4) is 0 Å². The van der Waals surface area contributed by atoms with E-state index in [1.165, 1.54) is 49.1 Å². The third-order valence-electron chi connectivity index (χ3n) is 1.78. The van der Waals surface area contributed by atoms with Crippen LogP contribution in [0.15, 0.2) is 0 Å². The van der Waals surface area contributed by atoms with E-state index in [2.05, 4.69) is 6.92 Å². The van der Waals surface area contributed by atoms with Crippen molar-refractivity contribution < 1.29 is 30.2 Å². The Morgan fingerprint density at radius 1 is 0.818 bits per heavy atom. The molecule has 67 valence electrons. The van der Waals surface area contributed by atoms with E-state index in [9.17, 15) is 0 Å². The fraction of sp³-hybridized carbons (Fsp3) is 1.00. The van der Waals surface area contributed by atoms with Crippen molar-refractivity contribution in [3.63, 3.8) is 0 Å². The first kappa shape index (κ1) is 14.4. The molecule has 0 aromatic heterocycles. The molecule has 0 heterocycles. The Balaban J connectivity index is 0. The molecule has 0 aliphatic carbocycles. The van der Waals surface area contributed by atoms with E-state index in [-0.39, 0.29) is 5.48 Å². The first-order valence-corrected chi connectivity index (χ1v) is 6.30. The summed E-state index contributed by atoms with van der Waals surface area (Å²) in [5.74, 6) is 0. The number of hydrogen-bond donors (Lipinski definition) is 0. The minimum atomic E-state index is 0. The van der Waals surface area contributed by atoms with Gasteiger partial charge in [-0.25, -0.2) is 0 Å². The molecule has 0 rings (SSSR count). The van der Waals surface area contributed by atoms with Crippen LogP contribution in [-0.2, 0) is 24.7 Å². The number of hydrogen-bond acceptors (Lipinski definition) is 0. The molecule has 0 amide bonds. The first-order valence-electron chi connectivity index (χ1n) is 4.56. The SMILES string of the molecule is CCCCCCCC[CH2][Zr].O. The second-order valence-corrected chi connectivity index (χ2v) is 4.10. The second-order valence-electron chi connectivity index (χ2n) is 2.87. The third kappa shape index (κ3) is 13.8. The maximum atomic E-state index is 2.27. The molecular formula is C9H21OZr. The normalized spacial score (nSPS) is 9.09. The van der Waals surface area contributed by atoms with Gasteiger partial charge >= 0.3 is 80.7 Å². The number of rotatable bonds is 7. The largest absolute Gasteiger partial charge is 0.412 e. The summed E-state index contributed by atoms with van der Waals surface area (Å²) in [7, 11) is 0. The van der Waals surface area contributed by atoms with Gasteiger partial charge in [-0.2, -0.15) is 0 Å². The molecule has 0 aliphatic rings. The van der Waals surface area contributed by atoms with Crippen LogP contribution in [0.5, 0.6) is 0 Å². The summed E-state index contributed by atoms with van der Waals surface area (Å²) in [5.41, 5.74) is 0. The van der Waals surface area contributed by atoms with Crippen LogP contribution in [0.4, 0.5) is 0 Å². The molecule has 0 unspecified atom stereocenters. The molecule has 0 saturated carbocycles. The Kier molecular flexibility index (Phi) is 17.6. The molecule has 2 heteroatoms. The fourth-order valence-electron chi connectivity index (χ4n) is 1.08. The summed E-state index contributed by atoms with van der Waals surface area (Å²) < 4.78 is 1.46. The topological polar surface area (TPSA) is 31.5 Å². The van der Waals surface area contributed by atoms with Crippen LogP contribution in [0, 0.1) is 0 Å². The van der Waals surface area contributed by atoms with Crippen molar-refractivity contribution in [3.8, 4) is 0 Å². The van der Waals surface area contributed by atoms with Crippen LogP contribution in [0.25, 0.3) is 0 Å². The molecule has 11 heavy (non-hydrogen) atoms. The maximum absolute atomic E-state index is 2.27. The molecular weight excluding hydrogens is 215 g/mol. The van der Waals surface area contributed by atoms with Gasteiger partial charge in [0.05, 0.1) is 0 Å². The zero-order chi connectivity index (χ0) is 7.66. The molecule has 0 aromatic rings. The standard InChI is InChI=1S/C9H19.H2O.Zr/c1-3-5-7-9-8-6-4-2;;/h1,3-9H2,2H3;1H2;. The fourth-order valence-corrected chi connectivity index (χ4v) is 1.70. The van der Waals surface area contributed by atoms with E-state index in [1.807, 2.05) is 0 Å². The van der Waals surface area contributed by atoms with E-state index < -0.39 is 0 Å². The third-order valence-corrected chi connectivity index (χ3v) is 2.65. The molecule has 0 radical (unpaired) electrons. The molecule has 0 aliphatic heterocycles. The van der Waals surface area contributed by atoms with E-state index in [0.29, 0.717) is 0 Å². The molecule has 0 spiro atoms. The van der Waals surface area contributed by atoms with Crippen molar-refractivity contribution in [3.05, 3.63) is 0 Å². The van der Waals surface area contributed by atoms with Crippen LogP contribution in [0.1, 0.15) is 51.9 Å². The molecule has 2 N–H and O–H groups in total. The van der Waals surface area contributed by atoms with Crippen molar-refractivity contribution in [2.75, 3.05) is 0 Å². The molecule has 0 aromatic carbocycles. The zero-order valence-corrected chi connectivity index (χ0v) is 10.1. The summed E-state index contributed by atoms with van der Waals surface area (Å²) in [6.07, 6.45) is 10.2. The van der Waals surface area contributed by atoms with Gasteiger partial charge in [-0.05, 0) is 0 Å². The molecule has 0 fully saturated rings. The van der Waals surface area contributed by atoms with Crippen molar-refractivity contribution in [1.82, 2.24) is 0 Å². The first-order chi connectivity index (χ1) is 4.91. The van der Waals surface area contributed by atoms with Gasteiger partial charge in [-0.15, -0.1) is 0 Å². The van der Waals surface area contributed by atoms with Crippen LogP contribution >= 0.6 is 0 Å². The number of unbranched alkanes of at least 4 members (excludes halogenated alkanes) is 6. The summed E-state index contributed by atoms with van der Waals surface area (Å²) >= 11 is 1.71. The van der Waals surface area contributed by atoms with Gasteiger partial charge in [0.2, 0.25) is 0 Å². The minimum absolute atomic E-state index is 0. The second kappa shape index (κ2) is 13.4. The smallest absolute Gasteiger partial charge is 0.412 e. The zero-order valence-electron chi connectivity index (χ0n) is 7.66. The minimum Gasteiger partial charge on any atom is -0.412 e. The Morgan fingerprint density at radius 3 is 1.73 bits per heavy atom. The monoisotopic (exact) mass is 235 g/mol. The predicted molar refractivity (Wildman–Crippen MR) is 46.4 cm³/mol. The Morgan fingerprint density at radius 2 is 1.27 bits per heavy atom. The maximum Gasteiger partial charge on any atom is -0.412 e. The quantitative estimate of drug-likeness (QED) is 0.609. The van der Waals surface area contributed by atoms with Crippen molar-refractivity contribution in [2.24, 2.45) is 0 Å². The van der Waals surface area contributed by atoms with E-state index in [0.717, 1.165) is 0 Å². The van der Waals surface area contributed by atoms with Crippen molar-refractivity contribution in [1.29, 1.82) is 0 Å². The molecule has 0 bridgehead atoms. The van der Waals surface area contributed by atoms with Gasteiger partial charge in [0.15, 0.2) is 0 Å². The summed E-state index contributed by atoms with van der Waals surface area (Å²) in [5, 5.41) is 0. The van der Waals surface area contributed by atoms with Gasteiger partial charge in [-0.3, -0.25) is 0 Å². The van der Waals surface area contributed by atoms with Gasteiger partial charge in [-0.1, -0.05) is 0 Å². The molecule has 0 atom stereocenters. The van der Waals surface area contributed by atoms with Crippen LogP contribution in [-0.4, -0.2) is 5.48 Å². The average molecular weight is 236 g/mol. The Bertz CT molecular complexity index is 49.5. The van der Waals surface area contributed by atoms with Gasteiger partial charge in [0.1, 0.15) is 0 Å². The predicted octanol–water partition coefficient (Wildman–Crippen LogP) is 2.88. The summed E-state index contributed by atoms with van der Waals surface area (Å²) in [4.78, 5) is 0. The van der Waals surface area contributed by atoms with Crippen molar-refractivity contribution in [2.45, 2.75) is 56.0 Å². The van der Waals surface area contributed by atoms with E-state index in [1.54, 1.807) is 24.7 Å². The average Bonchev–Trinajstić information content (AvgIpc) is 1.97.